The second kappa shape index (κ2) is 4.56. The molecule has 0 aliphatic heterocycles. The molecule has 0 saturated heterocycles. The highest BCUT2D eigenvalue weighted by molar-refractivity contribution is 7.89. The Labute approximate surface area is 104 Å². The van der Waals surface area contributed by atoms with Crippen molar-refractivity contribution in [3.05, 3.63) is 29.8 Å². The Hall–Kier alpha value is -1.05. The van der Waals surface area contributed by atoms with E-state index in [2.05, 4.69) is 4.72 Å². The highest BCUT2D eigenvalue weighted by Crippen LogP contribution is 2.28. The van der Waals surface area contributed by atoms with Gasteiger partial charge in [-0.1, -0.05) is 6.07 Å². The van der Waals surface area contributed by atoms with Crippen LogP contribution in [0, 0.1) is 11.6 Å². The molecule has 4 nitrogen and oxygen atoms in total. The Morgan fingerprint density at radius 3 is 2.28 bits per heavy atom. The van der Waals surface area contributed by atoms with Gasteiger partial charge in [0.1, 0.15) is 11.6 Å². The van der Waals surface area contributed by atoms with Crippen LogP contribution in [0.4, 0.5) is 8.78 Å². The van der Waals surface area contributed by atoms with Gasteiger partial charge in [-0.05, 0) is 31.4 Å². The van der Waals surface area contributed by atoms with Crippen molar-refractivity contribution >= 4 is 10.0 Å². The van der Waals surface area contributed by atoms with Crippen LogP contribution in [0.3, 0.4) is 0 Å². The van der Waals surface area contributed by atoms with Gasteiger partial charge in [0.2, 0.25) is 10.0 Å². The highest BCUT2D eigenvalue weighted by Gasteiger charge is 2.34. The number of benzene rings is 1. The molecular weight excluding hydrogens is 262 g/mol. The zero-order valence-electron chi connectivity index (χ0n) is 9.62. The average Bonchev–Trinajstić information content (AvgIpc) is 2.23. The van der Waals surface area contributed by atoms with E-state index in [9.17, 15) is 17.2 Å². The Bertz CT molecular complexity index is 536. The van der Waals surface area contributed by atoms with Gasteiger partial charge in [-0.15, -0.1) is 0 Å². The van der Waals surface area contributed by atoms with E-state index in [0.717, 1.165) is 24.6 Å². The quantitative estimate of drug-likeness (QED) is 0.865. The maximum absolute atomic E-state index is 13.4. The van der Waals surface area contributed by atoms with E-state index in [0.29, 0.717) is 12.8 Å². The van der Waals surface area contributed by atoms with Gasteiger partial charge in [-0.2, -0.15) is 0 Å². The van der Waals surface area contributed by atoms with Gasteiger partial charge in [-0.25, -0.2) is 21.9 Å². The summed E-state index contributed by atoms with van der Waals surface area (Å²) in [5.41, 5.74) is 5.26. The number of nitrogens with one attached hydrogen (secondary N) is 1. The van der Waals surface area contributed by atoms with Crippen LogP contribution in [0.1, 0.15) is 19.3 Å². The second-order valence-corrected chi connectivity index (χ2v) is 6.30. The molecule has 1 saturated carbocycles. The van der Waals surface area contributed by atoms with Gasteiger partial charge in [-0.3, -0.25) is 0 Å². The average molecular weight is 276 g/mol. The van der Waals surface area contributed by atoms with Crippen LogP contribution in [-0.2, 0) is 10.0 Å². The summed E-state index contributed by atoms with van der Waals surface area (Å²) in [5.74, 6) is -2.22. The first-order valence-electron chi connectivity index (χ1n) is 5.57. The Kier molecular flexibility index (Phi) is 3.39. The summed E-state index contributed by atoms with van der Waals surface area (Å²) in [6.45, 7) is -0.0108. The minimum Gasteiger partial charge on any atom is -0.324 e. The van der Waals surface area contributed by atoms with Gasteiger partial charge < -0.3 is 5.73 Å². The molecule has 1 aliphatic carbocycles. The Morgan fingerprint density at radius 1 is 1.28 bits per heavy atom. The molecule has 1 aliphatic rings. The van der Waals surface area contributed by atoms with Crippen molar-refractivity contribution in [3.63, 3.8) is 0 Å². The highest BCUT2D eigenvalue weighted by atomic mass is 32.2. The molecule has 7 heteroatoms. The van der Waals surface area contributed by atoms with Crippen molar-refractivity contribution in [2.24, 2.45) is 5.73 Å². The predicted molar refractivity (Wildman–Crippen MR) is 62.3 cm³/mol. The SMILES string of the molecule is NC1(CNS(=O)(=O)c2c(F)cccc2F)CCC1. The van der Waals surface area contributed by atoms with Crippen LogP contribution in [0.2, 0.25) is 0 Å². The third-order valence-corrected chi connectivity index (χ3v) is 4.60. The summed E-state index contributed by atoms with van der Waals surface area (Å²) in [6.07, 6.45) is 2.34. The van der Waals surface area contributed by atoms with Crippen molar-refractivity contribution in [3.8, 4) is 0 Å². The summed E-state index contributed by atoms with van der Waals surface area (Å²) in [7, 11) is -4.21. The topological polar surface area (TPSA) is 72.2 Å². The largest absolute Gasteiger partial charge is 0.324 e. The van der Waals surface area contributed by atoms with Crippen molar-refractivity contribution in [1.82, 2.24) is 4.72 Å². The van der Waals surface area contributed by atoms with Gasteiger partial charge in [0.15, 0.2) is 4.90 Å². The summed E-state index contributed by atoms with van der Waals surface area (Å²) in [5, 5.41) is 0. The van der Waals surface area contributed by atoms with E-state index in [1.54, 1.807) is 0 Å². The fourth-order valence-electron chi connectivity index (χ4n) is 1.86. The fourth-order valence-corrected chi connectivity index (χ4v) is 3.13. The minimum atomic E-state index is -4.21. The van der Waals surface area contributed by atoms with Crippen LogP contribution >= 0.6 is 0 Å². The van der Waals surface area contributed by atoms with Crippen LogP contribution in [0.15, 0.2) is 23.1 Å². The molecule has 0 unspecified atom stereocenters. The first-order chi connectivity index (χ1) is 8.34. The van der Waals surface area contributed by atoms with Crippen LogP contribution in [0.25, 0.3) is 0 Å². The van der Waals surface area contributed by atoms with Crippen molar-refractivity contribution in [2.75, 3.05) is 6.54 Å². The summed E-state index contributed by atoms with van der Waals surface area (Å²) in [6, 6.07) is 2.92. The first-order valence-corrected chi connectivity index (χ1v) is 7.05. The van der Waals surface area contributed by atoms with Crippen LogP contribution in [-0.4, -0.2) is 20.5 Å². The molecule has 0 aromatic heterocycles. The monoisotopic (exact) mass is 276 g/mol. The van der Waals surface area contributed by atoms with Crippen LogP contribution < -0.4 is 10.5 Å². The molecule has 0 bridgehead atoms. The van der Waals surface area contributed by atoms with E-state index < -0.39 is 32.1 Å². The van der Waals surface area contributed by atoms with Gasteiger partial charge in [0.05, 0.1) is 0 Å². The standard InChI is InChI=1S/C11H14F2N2O2S/c12-8-3-1-4-9(13)10(8)18(16,17)15-7-11(14)5-2-6-11/h1,3-4,15H,2,5-7,14H2. The van der Waals surface area contributed by atoms with Gasteiger partial charge >= 0.3 is 0 Å². The summed E-state index contributed by atoms with van der Waals surface area (Å²) >= 11 is 0. The maximum atomic E-state index is 13.4. The van der Waals surface area contributed by atoms with Gasteiger partial charge in [0, 0.05) is 12.1 Å². The third-order valence-electron chi connectivity index (χ3n) is 3.15. The predicted octanol–water partition coefficient (Wildman–Crippen LogP) is 1.12. The molecule has 18 heavy (non-hydrogen) atoms. The first kappa shape index (κ1) is 13.4. The maximum Gasteiger partial charge on any atom is 0.246 e. The lowest BCUT2D eigenvalue weighted by Gasteiger charge is -2.38. The zero-order valence-corrected chi connectivity index (χ0v) is 10.4. The van der Waals surface area contributed by atoms with Gasteiger partial charge in [0.25, 0.3) is 0 Å². The third kappa shape index (κ3) is 2.52. The molecule has 0 heterocycles. The zero-order chi connectivity index (χ0) is 13.4. The number of hydrogen-bond acceptors (Lipinski definition) is 3. The van der Waals surface area contributed by atoms with Crippen LogP contribution in [0.5, 0.6) is 0 Å². The van der Waals surface area contributed by atoms with E-state index in [4.69, 9.17) is 5.73 Å². The number of hydrogen-bond donors (Lipinski definition) is 2. The number of sulfonamides is 1. The Morgan fingerprint density at radius 2 is 1.83 bits per heavy atom. The van der Waals surface area contributed by atoms with E-state index in [1.807, 2.05) is 0 Å². The molecule has 0 amide bonds. The molecule has 1 aromatic rings. The minimum absolute atomic E-state index is 0.0108. The molecule has 0 radical (unpaired) electrons. The molecule has 1 fully saturated rings. The van der Waals surface area contributed by atoms with E-state index in [-0.39, 0.29) is 6.54 Å². The van der Waals surface area contributed by atoms with Crippen molar-refractivity contribution in [2.45, 2.75) is 29.7 Å². The number of nitrogens with two attached hydrogens (primary N) is 1. The molecule has 0 spiro atoms. The lowest BCUT2D eigenvalue weighted by Crippen LogP contribution is -2.54. The normalized spacial score (nSPS) is 18.4. The van der Waals surface area contributed by atoms with Crippen molar-refractivity contribution in [1.29, 1.82) is 0 Å². The van der Waals surface area contributed by atoms with E-state index in [1.165, 1.54) is 0 Å². The molecule has 2 rings (SSSR count). The molecule has 100 valence electrons. The lowest BCUT2D eigenvalue weighted by molar-refractivity contribution is 0.251. The smallest absolute Gasteiger partial charge is 0.246 e. The second-order valence-electron chi connectivity index (χ2n) is 4.59. The Balaban J connectivity index is 2.20. The molecule has 1 aromatic carbocycles. The molecule has 0 atom stereocenters. The number of halogens is 2. The summed E-state index contributed by atoms with van der Waals surface area (Å²) < 4.78 is 52.5. The van der Waals surface area contributed by atoms with E-state index >= 15 is 0 Å². The summed E-state index contributed by atoms with van der Waals surface area (Å²) in [4.78, 5) is -0.951. The fraction of sp³-hybridized carbons (Fsp3) is 0.455. The lowest BCUT2D eigenvalue weighted by atomic mass is 9.78. The molecular formula is C11H14F2N2O2S. The van der Waals surface area contributed by atoms with Crippen molar-refractivity contribution < 1.29 is 17.2 Å². The number of rotatable bonds is 4. The molecule has 3 N–H and O–H groups in total.